The van der Waals surface area contributed by atoms with Crippen molar-refractivity contribution in [2.75, 3.05) is 5.32 Å². The summed E-state index contributed by atoms with van der Waals surface area (Å²) >= 11 is 1.56. The van der Waals surface area contributed by atoms with Gasteiger partial charge in [0, 0.05) is 21.2 Å². The second-order valence-electron chi connectivity index (χ2n) is 6.06. The van der Waals surface area contributed by atoms with E-state index in [2.05, 4.69) is 10.3 Å². The third-order valence-electron chi connectivity index (χ3n) is 4.19. The molecule has 0 bridgehead atoms. The topological polar surface area (TPSA) is 99.5 Å². The lowest BCUT2D eigenvalue weighted by Gasteiger charge is -2.10. The Morgan fingerprint density at radius 3 is 2.67 bits per heavy atom. The number of thiophene rings is 1. The van der Waals surface area contributed by atoms with E-state index in [-0.39, 0.29) is 12.0 Å². The lowest BCUT2D eigenvalue weighted by Crippen LogP contribution is -2.01. The van der Waals surface area contributed by atoms with E-state index in [1.807, 2.05) is 17.5 Å². The molecular weight excluding hydrogens is 364 g/mol. The van der Waals surface area contributed by atoms with E-state index in [9.17, 15) is 14.7 Å². The Balaban J connectivity index is 1.81. The summed E-state index contributed by atoms with van der Waals surface area (Å²) in [6, 6.07) is 14.0. The van der Waals surface area contributed by atoms with E-state index in [1.54, 1.807) is 47.7 Å². The summed E-state index contributed by atoms with van der Waals surface area (Å²) in [5.74, 6) is -1.29. The molecule has 2 aromatic carbocycles. The maximum absolute atomic E-state index is 11.3. The van der Waals surface area contributed by atoms with Gasteiger partial charge in [0.05, 0.1) is 17.5 Å². The standard InChI is InChI=1S/C20H14N2O4S/c23-17(24)9-11-2-1-3-13(8-11)21-19-15-6-7-27-18(15)14-5-4-12(20(25)26)10-16(14)22-19/h1-8,10H,9H2,(H,21,22)(H,23,24)(H,25,26). The molecule has 4 aromatic rings. The third kappa shape index (κ3) is 3.32. The Bertz CT molecular complexity index is 1200. The molecular formula is C20H14N2O4S. The van der Waals surface area contributed by atoms with Gasteiger partial charge in [0.1, 0.15) is 5.82 Å². The van der Waals surface area contributed by atoms with Crippen molar-refractivity contribution < 1.29 is 19.8 Å². The van der Waals surface area contributed by atoms with Gasteiger partial charge in [0.25, 0.3) is 0 Å². The molecule has 0 aliphatic carbocycles. The van der Waals surface area contributed by atoms with Crippen LogP contribution in [0, 0.1) is 0 Å². The van der Waals surface area contributed by atoms with E-state index in [0.29, 0.717) is 16.9 Å². The summed E-state index contributed by atoms with van der Waals surface area (Å²) in [6.07, 6.45) is -0.0590. The van der Waals surface area contributed by atoms with Crippen molar-refractivity contribution in [2.24, 2.45) is 0 Å². The molecule has 0 spiro atoms. The first-order valence-electron chi connectivity index (χ1n) is 8.13. The number of carboxylic acids is 2. The Morgan fingerprint density at radius 1 is 1.04 bits per heavy atom. The lowest BCUT2D eigenvalue weighted by molar-refractivity contribution is -0.136. The van der Waals surface area contributed by atoms with Crippen LogP contribution in [0.1, 0.15) is 15.9 Å². The van der Waals surface area contributed by atoms with E-state index in [1.165, 1.54) is 0 Å². The minimum absolute atomic E-state index is 0.0590. The molecule has 0 saturated carbocycles. The van der Waals surface area contributed by atoms with Gasteiger partial charge in [0.2, 0.25) is 0 Å². The van der Waals surface area contributed by atoms with Crippen molar-refractivity contribution in [3.63, 3.8) is 0 Å². The second-order valence-corrected chi connectivity index (χ2v) is 6.97. The van der Waals surface area contributed by atoms with Crippen molar-refractivity contribution >= 4 is 55.8 Å². The van der Waals surface area contributed by atoms with E-state index in [0.717, 1.165) is 21.2 Å². The maximum atomic E-state index is 11.3. The Morgan fingerprint density at radius 2 is 1.89 bits per heavy atom. The molecule has 27 heavy (non-hydrogen) atoms. The van der Waals surface area contributed by atoms with Crippen LogP contribution in [0.5, 0.6) is 0 Å². The summed E-state index contributed by atoms with van der Waals surface area (Å²) in [5.41, 5.74) is 2.18. The molecule has 0 fully saturated rings. The fourth-order valence-corrected chi connectivity index (χ4v) is 3.93. The van der Waals surface area contributed by atoms with Crippen LogP contribution in [0.25, 0.3) is 21.0 Å². The van der Waals surface area contributed by atoms with E-state index >= 15 is 0 Å². The number of benzene rings is 2. The molecule has 3 N–H and O–H groups in total. The Kier molecular flexibility index (Phi) is 4.21. The largest absolute Gasteiger partial charge is 0.481 e. The molecule has 7 heteroatoms. The van der Waals surface area contributed by atoms with Crippen molar-refractivity contribution in [3.05, 3.63) is 65.0 Å². The number of aromatic nitrogens is 1. The molecule has 0 saturated heterocycles. The Hall–Kier alpha value is -3.45. The first-order chi connectivity index (χ1) is 13.0. The van der Waals surface area contributed by atoms with Gasteiger partial charge in [-0.05, 0) is 41.3 Å². The summed E-state index contributed by atoms with van der Waals surface area (Å²) < 4.78 is 1.01. The summed E-state index contributed by atoms with van der Waals surface area (Å²) in [7, 11) is 0. The monoisotopic (exact) mass is 378 g/mol. The van der Waals surface area contributed by atoms with E-state index < -0.39 is 11.9 Å². The highest BCUT2D eigenvalue weighted by atomic mass is 32.1. The highest BCUT2D eigenvalue weighted by Crippen LogP contribution is 2.35. The molecule has 0 aliphatic heterocycles. The molecule has 0 radical (unpaired) electrons. The summed E-state index contributed by atoms with van der Waals surface area (Å²) in [4.78, 5) is 26.8. The number of carbonyl (C=O) groups is 2. The van der Waals surface area contributed by atoms with Gasteiger partial charge in [-0.1, -0.05) is 18.2 Å². The number of carboxylic acid groups (broad SMARTS) is 2. The maximum Gasteiger partial charge on any atom is 0.335 e. The van der Waals surface area contributed by atoms with Crippen LogP contribution in [-0.4, -0.2) is 27.1 Å². The number of rotatable bonds is 5. The van der Waals surface area contributed by atoms with Crippen LogP contribution in [-0.2, 0) is 11.2 Å². The first kappa shape index (κ1) is 17.0. The van der Waals surface area contributed by atoms with Gasteiger partial charge in [0.15, 0.2) is 0 Å². The van der Waals surface area contributed by atoms with Crippen LogP contribution >= 0.6 is 11.3 Å². The summed E-state index contributed by atoms with van der Waals surface area (Å²) in [5, 5.41) is 25.2. The van der Waals surface area contributed by atoms with Gasteiger partial charge in [-0.25, -0.2) is 9.78 Å². The minimum atomic E-state index is -0.999. The molecule has 2 heterocycles. The number of aliphatic carboxylic acids is 1. The number of pyridine rings is 1. The van der Waals surface area contributed by atoms with Crippen LogP contribution in [0.2, 0.25) is 0 Å². The summed E-state index contributed by atoms with van der Waals surface area (Å²) in [6.45, 7) is 0. The molecule has 2 aromatic heterocycles. The van der Waals surface area contributed by atoms with Gasteiger partial charge in [-0.2, -0.15) is 0 Å². The number of fused-ring (bicyclic) bond motifs is 3. The number of hydrogen-bond donors (Lipinski definition) is 3. The van der Waals surface area contributed by atoms with Crippen molar-refractivity contribution in [1.82, 2.24) is 4.98 Å². The SMILES string of the molecule is O=C(O)Cc1cccc(Nc2nc3cc(C(=O)O)ccc3c3sccc23)c1. The van der Waals surface area contributed by atoms with Crippen molar-refractivity contribution in [3.8, 4) is 0 Å². The first-order valence-corrected chi connectivity index (χ1v) is 9.01. The van der Waals surface area contributed by atoms with Gasteiger partial charge in [-0.15, -0.1) is 11.3 Å². The molecule has 0 atom stereocenters. The van der Waals surface area contributed by atoms with Crippen molar-refractivity contribution in [1.29, 1.82) is 0 Å². The van der Waals surface area contributed by atoms with Gasteiger partial charge < -0.3 is 15.5 Å². The number of nitrogens with one attached hydrogen (secondary N) is 1. The number of hydrogen-bond acceptors (Lipinski definition) is 5. The van der Waals surface area contributed by atoms with Gasteiger partial charge in [-0.3, -0.25) is 4.79 Å². The molecule has 0 aliphatic rings. The highest BCUT2D eigenvalue weighted by Gasteiger charge is 2.12. The van der Waals surface area contributed by atoms with Crippen LogP contribution in [0.15, 0.2) is 53.9 Å². The number of nitrogens with zero attached hydrogens (tertiary/aromatic N) is 1. The highest BCUT2D eigenvalue weighted by molar-refractivity contribution is 7.18. The smallest absolute Gasteiger partial charge is 0.335 e. The fraction of sp³-hybridized carbons (Fsp3) is 0.0500. The molecule has 6 nitrogen and oxygen atoms in total. The zero-order valence-corrected chi connectivity index (χ0v) is 14.8. The van der Waals surface area contributed by atoms with Gasteiger partial charge >= 0.3 is 11.9 Å². The predicted molar refractivity (Wildman–Crippen MR) is 105 cm³/mol. The zero-order chi connectivity index (χ0) is 19.0. The molecule has 134 valence electrons. The quantitative estimate of drug-likeness (QED) is 0.472. The lowest BCUT2D eigenvalue weighted by atomic mass is 10.1. The number of aromatic carboxylic acids is 1. The second kappa shape index (κ2) is 6.69. The normalized spacial score (nSPS) is 11.0. The predicted octanol–water partition coefficient (Wildman–Crippen LogP) is 4.52. The molecule has 4 rings (SSSR count). The number of anilines is 2. The van der Waals surface area contributed by atoms with Crippen molar-refractivity contribution in [2.45, 2.75) is 6.42 Å². The molecule has 0 unspecified atom stereocenters. The third-order valence-corrected chi connectivity index (χ3v) is 5.13. The van der Waals surface area contributed by atoms with Crippen LogP contribution in [0.3, 0.4) is 0 Å². The molecule has 0 amide bonds. The minimum Gasteiger partial charge on any atom is -0.481 e. The van der Waals surface area contributed by atoms with E-state index in [4.69, 9.17) is 5.11 Å². The average Bonchev–Trinajstić information content (AvgIpc) is 3.11. The zero-order valence-electron chi connectivity index (χ0n) is 14.0. The average molecular weight is 378 g/mol. The van der Waals surface area contributed by atoms with Crippen LogP contribution in [0.4, 0.5) is 11.5 Å². The fourth-order valence-electron chi connectivity index (χ4n) is 3.00. The van der Waals surface area contributed by atoms with Crippen LogP contribution < -0.4 is 5.32 Å². The Labute approximate surface area is 157 Å².